The topological polar surface area (TPSA) is 47.6 Å². The van der Waals surface area contributed by atoms with E-state index in [1.165, 1.54) is 19.2 Å². The Labute approximate surface area is 149 Å². The molecule has 122 valence electrons. The van der Waals surface area contributed by atoms with Crippen molar-refractivity contribution in [1.82, 2.24) is 0 Å². The van der Waals surface area contributed by atoms with Crippen molar-refractivity contribution in [2.75, 3.05) is 12.4 Å². The molecule has 0 aromatic heterocycles. The lowest BCUT2D eigenvalue weighted by Crippen LogP contribution is -2.30. The Balaban J connectivity index is 2.10. The van der Waals surface area contributed by atoms with E-state index in [1.54, 1.807) is 25.1 Å². The van der Waals surface area contributed by atoms with Crippen molar-refractivity contribution >= 4 is 46.4 Å². The minimum Gasteiger partial charge on any atom is -0.495 e. The largest absolute Gasteiger partial charge is 0.495 e. The third kappa shape index (κ3) is 4.44. The average molecular weight is 375 g/mol. The summed E-state index contributed by atoms with van der Waals surface area (Å²) in [6.45, 7) is 1.60. The van der Waals surface area contributed by atoms with E-state index in [0.717, 1.165) is 0 Å². The molecule has 1 N–H and O–H groups in total. The van der Waals surface area contributed by atoms with E-state index < -0.39 is 6.10 Å². The number of hydrogen-bond acceptors (Lipinski definition) is 3. The van der Waals surface area contributed by atoms with Crippen molar-refractivity contribution < 1.29 is 14.3 Å². The quantitative estimate of drug-likeness (QED) is 0.744. The van der Waals surface area contributed by atoms with Gasteiger partial charge in [-0.25, -0.2) is 0 Å². The molecule has 1 atom stereocenters. The monoisotopic (exact) mass is 373 g/mol. The van der Waals surface area contributed by atoms with Crippen LogP contribution >= 0.6 is 34.8 Å². The van der Waals surface area contributed by atoms with Crippen LogP contribution in [-0.2, 0) is 4.79 Å². The molecular weight excluding hydrogens is 361 g/mol. The summed E-state index contributed by atoms with van der Waals surface area (Å²) in [5.41, 5.74) is 0.552. The summed E-state index contributed by atoms with van der Waals surface area (Å²) in [6.07, 6.45) is -0.797. The molecule has 0 fully saturated rings. The predicted octanol–water partition coefficient (Wildman–Crippen LogP) is 5.06. The third-order valence-electron chi connectivity index (χ3n) is 3.01. The lowest BCUT2D eigenvalue weighted by atomic mass is 10.2. The van der Waals surface area contributed by atoms with Gasteiger partial charge in [0.05, 0.1) is 27.9 Å². The Bertz CT molecular complexity index is 722. The molecule has 0 saturated carbocycles. The van der Waals surface area contributed by atoms with Gasteiger partial charge in [0.2, 0.25) is 0 Å². The van der Waals surface area contributed by atoms with Crippen LogP contribution in [0.25, 0.3) is 0 Å². The van der Waals surface area contributed by atoms with Crippen molar-refractivity contribution in [2.24, 2.45) is 0 Å². The Morgan fingerprint density at radius 3 is 2.39 bits per heavy atom. The number of ether oxygens (including phenoxy) is 2. The van der Waals surface area contributed by atoms with Crippen LogP contribution in [-0.4, -0.2) is 19.1 Å². The number of amides is 1. The number of benzene rings is 2. The molecule has 0 aliphatic carbocycles. The average Bonchev–Trinajstić information content (AvgIpc) is 2.53. The van der Waals surface area contributed by atoms with Gasteiger partial charge in [-0.3, -0.25) is 4.79 Å². The second-order valence-electron chi connectivity index (χ2n) is 4.65. The number of hydrogen-bond donors (Lipinski definition) is 1. The maximum Gasteiger partial charge on any atom is 0.265 e. The summed E-state index contributed by atoms with van der Waals surface area (Å²) in [4.78, 5) is 12.3. The lowest BCUT2D eigenvalue weighted by molar-refractivity contribution is -0.122. The van der Waals surface area contributed by atoms with Gasteiger partial charge in [-0.15, -0.1) is 0 Å². The van der Waals surface area contributed by atoms with Crippen LogP contribution < -0.4 is 14.8 Å². The molecule has 2 aromatic rings. The van der Waals surface area contributed by atoms with E-state index >= 15 is 0 Å². The van der Waals surface area contributed by atoms with Gasteiger partial charge in [0.15, 0.2) is 6.10 Å². The Hall–Kier alpha value is -1.62. The van der Waals surface area contributed by atoms with Crippen LogP contribution in [0, 0.1) is 0 Å². The van der Waals surface area contributed by atoms with Gasteiger partial charge >= 0.3 is 0 Å². The normalized spacial score (nSPS) is 11.7. The number of carbonyl (C=O) groups is 1. The van der Waals surface area contributed by atoms with E-state index in [1.807, 2.05) is 6.07 Å². The smallest absolute Gasteiger partial charge is 0.265 e. The van der Waals surface area contributed by atoms with Crippen molar-refractivity contribution in [3.63, 3.8) is 0 Å². The van der Waals surface area contributed by atoms with Crippen molar-refractivity contribution in [3.05, 3.63) is 51.5 Å². The van der Waals surface area contributed by atoms with Crippen LogP contribution in [0.3, 0.4) is 0 Å². The standard InChI is InChI=1S/C16H14Cl3NO3/c1-9(23-15-8-11(18)10(17)7-12(15)19)16(21)20-13-5-3-4-6-14(13)22-2/h3-9H,1-2H3,(H,20,21)/t9-/m1/s1. The highest BCUT2D eigenvalue weighted by Crippen LogP contribution is 2.34. The van der Waals surface area contributed by atoms with Gasteiger partial charge in [0.1, 0.15) is 11.5 Å². The first kappa shape index (κ1) is 17.7. The first-order chi connectivity index (χ1) is 10.9. The van der Waals surface area contributed by atoms with E-state index in [4.69, 9.17) is 44.3 Å². The molecule has 1 amide bonds. The fraction of sp³-hybridized carbons (Fsp3) is 0.188. The summed E-state index contributed by atoms with van der Waals surface area (Å²) in [5, 5.41) is 3.62. The number of anilines is 1. The second kappa shape index (κ2) is 7.77. The maximum absolute atomic E-state index is 12.3. The number of rotatable bonds is 5. The predicted molar refractivity (Wildman–Crippen MR) is 93.2 cm³/mol. The summed E-state index contributed by atoms with van der Waals surface area (Å²) in [6, 6.07) is 10.0. The SMILES string of the molecule is COc1ccccc1NC(=O)[C@@H](C)Oc1cc(Cl)c(Cl)cc1Cl. The van der Waals surface area contributed by atoms with Crippen LogP contribution in [0.1, 0.15) is 6.92 Å². The van der Waals surface area contributed by atoms with E-state index in [2.05, 4.69) is 5.32 Å². The number of carbonyl (C=O) groups excluding carboxylic acids is 1. The molecule has 0 aliphatic rings. The first-order valence-corrected chi connectivity index (χ1v) is 7.81. The van der Waals surface area contributed by atoms with Gasteiger partial charge in [-0.05, 0) is 25.1 Å². The third-order valence-corrected chi connectivity index (χ3v) is 4.03. The van der Waals surface area contributed by atoms with Crippen molar-refractivity contribution in [1.29, 1.82) is 0 Å². The lowest BCUT2D eigenvalue weighted by Gasteiger charge is -2.17. The molecule has 0 unspecified atom stereocenters. The van der Waals surface area contributed by atoms with Crippen molar-refractivity contribution in [2.45, 2.75) is 13.0 Å². The first-order valence-electron chi connectivity index (χ1n) is 6.67. The highest BCUT2D eigenvalue weighted by molar-refractivity contribution is 6.43. The van der Waals surface area contributed by atoms with Crippen LogP contribution in [0.5, 0.6) is 11.5 Å². The van der Waals surface area contributed by atoms with Crippen molar-refractivity contribution in [3.8, 4) is 11.5 Å². The highest BCUT2D eigenvalue weighted by atomic mass is 35.5. The molecule has 7 heteroatoms. The second-order valence-corrected chi connectivity index (χ2v) is 5.87. The van der Waals surface area contributed by atoms with Crippen LogP contribution in [0.15, 0.2) is 36.4 Å². The molecule has 0 saturated heterocycles. The minimum absolute atomic E-state index is 0.274. The Kier molecular flexibility index (Phi) is 5.99. The molecule has 0 heterocycles. The van der Waals surface area contributed by atoms with Crippen LogP contribution in [0.2, 0.25) is 15.1 Å². The molecule has 4 nitrogen and oxygen atoms in total. The summed E-state index contributed by atoms with van der Waals surface area (Å²) in [5.74, 6) is 0.487. The minimum atomic E-state index is -0.797. The molecule has 2 aromatic carbocycles. The maximum atomic E-state index is 12.3. The van der Waals surface area contributed by atoms with E-state index in [9.17, 15) is 4.79 Å². The van der Waals surface area contributed by atoms with Gasteiger partial charge in [0, 0.05) is 6.07 Å². The number of nitrogens with one attached hydrogen (secondary N) is 1. The Morgan fingerprint density at radius 1 is 1.04 bits per heavy atom. The number of halogens is 3. The van der Waals surface area contributed by atoms with Gasteiger partial charge in [0.25, 0.3) is 5.91 Å². The molecule has 0 radical (unpaired) electrons. The van der Waals surface area contributed by atoms with E-state index in [-0.39, 0.29) is 16.7 Å². The number of methoxy groups -OCH3 is 1. The summed E-state index contributed by atoms with van der Waals surface area (Å²) >= 11 is 17.8. The molecule has 0 spiro atoms. The molecule has 0 aliphatic heterocycles. The summed E-state index contributed by atoms with van der Waals surface area (Å²) in [7, 11) is 1.53. The molecule has 23 heavy (non-hydrogen) atoms. The van der Waals surface area contributed by atoms with E-state index in [0.29, 0.717) is 21.5 Å². The fourth-order valence-electron chi connectivity index (χ4n) is 1.82. The van der Waals surface area contributed by atoms with Gasteiger partial charge in [-0.2, -0.15) is 0 Å². The highest BCUT2D eigenvalue weighted by Gasteiger charge is 2.18. The van der Waals surface area contributed by atoms with Gasteiger partial charge < -0.3 is 14.8 Å². The fourth-order valence-corrected chi connectivity index (χ4v) is 2.40. The zero-order valence-corrected chi connectivity index (χ0v) is 14.7. The molecule has 2 rings (SSSR count). The van der Waals surface area contributed by atoms with Crippen LogP contribution in [0.4, 0.5) is 5.69 Å². The Morgan fingerprint density at radius 2 is 1.70 bits per heavy atom. The zero-order chi connectivity index (χ0) is 17.0. The van der Waals surface area contributed by atoms with Gasteiger partial charge in [-0.1, -0.05) is 46.9 Å². The molecule has 0 bridgehead atoms. The summed E-state index contributed by atoms with van der Waals surface area (Å²) < 4.78 is 10.7. The zero-order valence-electron chi connectivity index (χ0n) is 12.4. The number of para-hydroxylation sites is 2. The molecular formula is C16H14Cl3NO3.